The van der Waals surface area contributed by atoms with Crippen LogP contribution in [0.1, 0.15) is 29.3 Å². The number of thiazole rings is 1. The van der Waals surface area contributed by atoms with E-state index in [1.807, 2.05) is 25.1 Å². The first-order valence-electron chi connectivity index (χ1n) is 9.22. The van der Waals surface area contributed by atoms with E-state index in [-0.39, 0.29) is 5.91 Å². The van der Waals surface area contributed by atoms with Crippen LogP contribution in [0.3, 0.4) is 0 Å². The normalized spacial score (nSPS) is 17.9. The van der Waals surface area contributed by atoms with Crippen LogP contribution in [-0.2, 0) is 4.79 Å². The van der Waals surface area contributed by atoms with Crippen molar-refractivity contribution in [3.63, 3.8) is 0 Å². The summed E-state index contributed by atoms with van der Waals surface area (Å²) in [4.78, 5) is 19.6. The van der Waals surface area contributed by atoms with Gasteiger partial charge in [0.05, 0.1) is 21.8 Å². The summed E-state index contributed by atoms with van der Waals surface area (Å²) in [6.07, 6.45) is 2.22. The maximum absolute atomic E-state index is 12.5. The molecule has 1 fully saturated rings. The Balaban J connectivity index is 1.40. The zero-order valence-corrected chi connectivity index (χ0v) is 16.8. The predicted molar refractivity (Wildman–Crippen MR) is 113 cm³/mol. The number of rotatable bonds is 4. The number of amides is 1. The van der Waals surface area contributed by atoms with Crippen molar-refractivity contribution >= 4 is 44.7 Å². The van der Waals surface area contributed by atoms with Crippen LogP contribution in [0, 0.1) is 6.92 Å². The number of aryl methyl sites for hydroxylation is 1. The standard InChI is InChI=1S/C21H22ClN3OS/c1-14-8-9-16(22)11-18(14)23-20(26)13-25-10-4-5-15(12-25)21-24-17-6-2-3-7-19(17)27-21/h2-3,6-9,11,15H,4-5,10,12-13H2,1H3,(H,23,26)/t15-/m1/s1. The number of nitrogens with zero attached hydrogens (tertiary/aromatic N) is 2. The summed E-state index contributed by atoms with van der Waals surface area (Å²) in [5, 5.41) is 4.81. The first-order chi connectivity index (χ1) is 13.1. The van der Waals surface area contributed by atoms with Gasteiger partial charge in [0.1, 0.15) is 0 Å². The first-order valence-corrected chi connectivity index (χ1v) is 10.4. The zero-order valence-electron chi connectivity index (χ0n) is 15.2. The third kappa shape index (κ3) is 4.32. The van der Waals surface area contributed by atoms with Gasteiger partial charge in [0.15, 0.2) is 0 Å². The number of para-hydroxylation sites is 1. The Kier molecular flexibility index (Phi) is 5.43. The maximum Gasteiger partial charge on any atom is 0.238 e. The molecule has 0 bridgehead atoms. The second-order valence-corrected chi connectivity index (χ2v) is 8.60. The van der Waals surface area contributed by atoms with Crippen LogP contribution in [0.4, 0.5) is 5.69 Å². The molecule has 1 saturated heterocycles. The third-order valence-electron chi connectivity index (χ3n) is 5.01. The number of carbonyl (C=O) groups is 1. The van der Waals surface area contributed by atoms with Gasteiger partial charge >= 0.3 is 0 Å². The summed E-state index contributed by atoms with van der Waals surface area (Å²) < 4.78 is 1.23. The van der Waals surface area contributed by atoms with E-state index in [0.717, 1.165) is 42.7 Å². The SMILES string of the molecule is Cc1ccc(Cl)cc1NC(=O)CN1CCC[C@@H](c2nc3ccccc3s2)C1. The quantitative estimate of drug-likeness (QED) is 0.665. The molecular formula is C21H22ClN3OS. The number of piperidine rings is 1. The number of hydrogen-bond acceptors (Lipinski definition) is 4. The molecule has 6 heteroatoms. The molecule has 4 rings (SSSR count). The summed E-state index contributed by atoms with van der Waals surface area (Å²) in [6.45, 7) is 4.19. The molecule has 4 nitrogen and oxygen atoms in total. The summed E-state index contributed by atoms with van der Waals surface area (Å²) in [7, 11) is 0. The van der Waals surface area contributed by atoms with Crippen molar-refractivity contribution in [3.05, 3.63) is 58.1 Å². The van der Waals surface area contributed by atoms with Gasteiger partial charge in [-0.3, -0.25) is 9.69 Å². The predicted octanol–water partition coefficient (Wildman–Crippen LogP) is 5.08. The number of aromatic nitrogens is 1. The Morgan fingerprint density at radius 3 is 3.04 bits per heavy atom. The smallest absolute Gasteiger partial charge is 0.238 e. The average Bonchev–Trinajstić information content (AvgIpc) is 3.09. The number of hydrogen-bond donors (Lipinski definition) is 1. The van der Waals surface area contributed by atoms with Crippen LogP contribution in [-0.4, -0.2) is 35.4 Å². The van der Waals surface area contributed by atoms with Crippen LogP contribution in [0.2, 0.25) is 5.02 Å². The number of halogens is 1. The highest BCUT2D eigenvalue weighted by molar-refractivity contribution is 7.18. The molecular weight excluding hydrogens is 378 g/mol. The van der Waals surface area contributed by atoms with Gasteiger partial charge in [-0.15, -0.1) is 11.3 Å². The molecule has 0 spiro atoms. The van der Waals surface area contributed by atoms with Crippen molar-refractivity contribution in [2.45, 2.75) is 25.7 Å². The van der Waals surface area contributed by atoms with E-state index in [0.29, 0.717) is 17.5 Å². The second kappa shape index (κ2) is 7.97. The first kappa shape index (κ1) is 18.4. The molecule has 1 aromatic heterocycles. The highest BCUT2D eigenvalue weighted by atomic mass is 35.5. The van der Waals surface area contributed by atoms with Gasteiger partial charge in [-0.05, 0) is 56.1 Å². The number of likely N-dealkylation sites (tertiary alicyclic amines) is 1. The Morgan fingerprint density at radius 2 is 2.19 bits per heavy atom. The monoisotopic (exact) mass is 399 g/mol. The fourth-order valence-electron chi connectivity index (χ4n) is 3.59. The Labute approximate surface area is 168 Å². The Hall–Kier alpha value is -1.95. The van der Waals surface area contributed by atoms with E-state index in [4.69, 9.17) is 16.6 Å². The van der Waals surface area contributed by atoms with Crippen LogP contribution in [0.15, 0.2) is 42.5 Å². The van der Waals surface area contributed by atoms with Gasteiger partial charge < -0.3 is 5.32 Å². The molecule has 1 atom stereocenters. The van der Waals surface area contributed by atoms with Crippen molar-refractivity contribution in [3.8, 4) is 0 Å². The average molecular weight is 400 g/mol. The van der Waals surface area contributed by atoms with Crippen LogP contribution < -0.4 is 5.32 Å². The molecule has 0 radical (unpaired) electrons. The topological polar surface area (TPSA) is 45.2 Å². The molecule has 1 amide bonds. The molecule has 27 heavy (non-hydrogen) atoms. The number of nitrogens with one attached hydrogen (secondary N) is 1. The Bertz CT molecular complexity index is 938. The summed E-state index contributed by atoms with van der Waals surface area (Å²) >= 11 is 7.82. The number of anilines is 1. The zero-order chi connectivity index (χ0) is 18.8. The molecule has 2 heterocycles. The van der Waals surface area contributed by atoms with Crippen molar-refractivity contribution < 1.29 is 4.79 Å². The van der Waals surface area contributed by atoms with E-state index in [9.17, 15) is 4.79 Å². The van der Waals surface area contributed by atoms with E-state index in [1.54, 1.807) is 17.4 Å². The van der Waals surface area contributed by atoms with Crippen LogP contribution >= 0.6 is 22.9 Å². The second-order valence-electron chi connectivity index (χ2n) is 7.10. The third-order valence-corrected chi connectivity index (χ3v) is 6.44. The molecule has 3 aromatic rings. The molecule has 0 unspecified atom stereocenters. The number of fused-ring (bicyclic) bond motifs is 1. The summed E-state index contributed by atoms with van der Waals surface area (Å²) in [5.74, 6) is 0.405. The van der Waals surface area contributed by atoms with E-state index in [2.05, 4.69) is 28.4 Å². The lowest BCUT2D eigenvalue weighted by Crippen LogP contribution is -2.39. The minimum absolute atomic E-state index is 0.00492. The summed E-state index contributed by atoms with van der Waals surface area (Å²) in [6, 6.07) is 13.8. The molecule has 0 aliphatic carbocycles. The molecule has 1 N–H and O–H groups in total. The van der Waals surface area contributed by atoms with E-state index in [1.165, 1.54) is 9.71 Å². The van der Waals surface area contributed by atoms with E-state index < -0.39 is 0 Å². The van der Waals surface area contributed by atoms with Crippen molar-refractivity contribution in [1.82, 2.24) is 9.88 Å². The van der Waals surface area contributed by atoms with Gasteiger partial charge in [-0.2, -0.15) is 0 Å². The van der Waals surface area contributed by atoms with E-state index >= 15 is 0 Å². The van der Waals surface area contributed by atoms with Gasteiger partial charge in [-0.25, -0.2) is 4.98 Å². The number of benzene rings is 2. The van der Waals surface area contributed by atoms with Crippen molar-refractivity contribution in [2.75, 3.05) is 25.0 Å². The minimum atomic E-state index is 0.00492. The molecule has 2 aromatic carbocycles. The van der Waals surface area contributed by atoms with Crippen LogP contribution in [0.25, 0.3) is 10.2 Å². The van der Waals surface area contributed by atoms with Gasteiger partial charge in [0.2, 0.25) is 5.91 Å². The maximum atomic E-state index is 12.5. The molecule has 1 aliphatic heterocycles. The summed E-state index contributed by atoms with van der Waals surface area (Å²) in [5.41, 5.74) is 2.87. The lowest BCUT2D eigenvalue weighted by atomic mass is 9.99. The largest absolute Gasteiger partial charge is 0.325 e. The lowest BCUT2D eigenvalue weighted by molar-refractivity contribution is -0.117. The highest BCUT2D eigenvalue weighted by Crippen LogP contribution is 2.32. The fourth-order valence-corrected chi connectivity index (χ4v) is 4.85. The van der Waals surface area contributed by atoms with Gasteiger partial charge in [-0.1, -0.05) is 29.8 Å². The van der Waals surface area contributed by atoms with Gasteiger partial charge in [0.25, 0.3) is 0 Å². The minimum Gasteiger partial charge on any atom is -0.325 e. The fraction of sp³-hybridized carbons (Fsp3) is 0.333. The lowest BCUT2D eigenvalue weighted by Gasteiger charge is -2.31. The number of carbonyl (C=O) groups excluding carboxylic acids is 1. The van der Waals surface area contributed by atoms with Crippen LogP contribution in [0.5, 0.6) is 0 Å². The highest BCUT2D eigenvalue weighted by Gasteiger charge is 2.25. The van der Waals surface area contributed by atoms with Crippen molar-refractivity contribution in [2.24, 2.45) is 0 Å². The Morgan fingerprint density at radius 1 is 1.33 bits per heavy atom. The molecule has 1 aliphatic rings. The van der Waals surface area contributed by atoms with Gasteiger partial charge in [0, 0.05) is 23.2 Å². The van der Waals surface area contributed by atoms with Crippen molar-refractivity contribution in [1.29, 1.82) is 0 Å². The molecule has 0 saturated carbocycles. The molecule has 140 valence electrons.